The van der Waals surface area contributed by atoms with Gasteiger partial charge < -0.3 is 5.32 Å². The molecule has 0 spiro atoms. The van der Waals surface area contributed by atoms with Crippen molar-refractivity contribution in [3.63, 3.8) is 0 Å². The molecule has 3 rings (SSSR count). The number of benzene rings is 1. The normalized spacial score (nSPS) is 10.8. The van der Waals surface area contributed by atoms with Crippen molar-refractivity contribution in [2.75, 3.05) is 5.32 Å². The number of nitrogens with one attached hydrogen (secondary N) is 1. The zero-order chi connectivity index (χ0) is 14.8. The second kappa shape index (κ2) is 6.12. The lowest BCUT2D eigenvalue weighted by atomic mass is 10.1. The molecular weight excluding hydrogens is 394 g/mol. The van der Waals surface area contributed by atoms with E-state index in [1.165, 1.54) is 5.56 Å². The average molecular weight is 407 g/mol. The Morgan fingerprint density at radius 3 is 2.67 bits per heavy atom. The Bertz CT molecular complexity index is 803. The zero-order valence-corrected chi connectivity index (χ0v) is 14.6. The standard InChI is InChI=1S/C16H13Br2N3/c1-2-10-7-11(17)3-4-13(10)21-14-5-6-19-15-8-12(18)9-20-16(14)15/h3-9H,2H2,1H3,(H,19,21). The van der Waals surface area contributed by atoms with E-state index in [2.05, 4.69) is 66.2 Å². The van der Waals surface area contributed by atoms with Crippen LogP contribution < -0.4 is 5.32 Å². The van der Waals surface area contributed by atoms with Gasteiger partial charge in [0.1, 0.15) is 5.52 Å². The molecule has 106 valence electrons. The van der Waals surface area contributed by atoms with Crippen molar-refractivity contribution < 1.29 is 0 Å². The van der Waals surface area contributed by atoms with E-state index < -0.39 is 0 Å². The van der Waals surface area contributed by atoms with Crippen molar-refractivity contribution >= 4 is 54.3 Å². The maximum atomic E-state index is 4.47. The molecule has 0 bridgehead atoms. The number of anilines is 2. The Balaban J connectivity index is 2.06. The number of aryl methyl sites for hydroxylation is 1. The Kier molecular flexibility index (Phi) is 4.22. The van der Waals surface area contributed by atoms with E-state index in [1.54, 1.807) is 12.4 Å². The average Bonchev–Trinajstić information content (AvgIpc) is 2.49. The van der Waals surface area contributed by atoms with Gasteiger partial charge in [-0.05, 0) is 58.2 Å². The van der Waals surface area contributed by atoms with Gasteiger partial charge in [0.2, 0.25) is 0 Å². The van der Waals surface area contributed by atoms with Crippen LogP contribution in [0, 0.1) is 0 Å². The summed E-state index contributed by atoms with van der Waals surface area (Å²) in [4.78, 5) is 8.83. The van der Waals surface area contributed by atoms with Crippen molar-refractivity contribution in [1.82, 2.24) is 9.97 Å². The van der Waals surface area contributed by atoms with Crippen LogP contribution in [-0.2, 0) is 6.42 Å². The molecule has 0 saturated carbocycles. The van der Waals surface area contributed by atoms with Crippen LogP contribution in [0.3, 0.4) is 0 Å². The third kappa shape index (κ3) is 3.09. The molecule has 0 amide bonds. The fraction of sp³-hybridized carbons (Fsp3) is 0.125. The van der Waals surface area contributed by atoms with Crippen molar-refractivity contribution in [3.8, 4) is 0 Å². The molecule has 5 heteroatoms. The predicted molar refractivity (Wildman–Crippen MR) is 94.0 cm³/mol. The Hall–Kier alpha value is -1.46. The van der Waals surface area contributed by atoms with Crippen LogP contribution >= 0.6 is 31.9 Å². The first kappa shape index (κ1) is 14.5. The van der Waals surface area contributed by atoms with Gasteiger partial charge in [0.15, 0.2) is 0 Å². The van der Waals surface area contributed by atoms with Crippen LogP contribution in [0.4, 0.5) is 11.4 Å². The molecule has 0 radical (unpaired) electrons. The monoisotopic (exact) mass is 405 g/mol. The molecule has 3 nitrogen and oxygen atoms in total. The SMILES string of the molecule is CCc1cc(Br)ccc1Nc1ccnc2cc(Br)cnc12. The van der Waals surface area contributed by atoms with Crippen LogP contribution in [-0.4, -0.2) is 9.97 Å². The van der Waals surface area contributed by atoms with Gasteiger partial charge >= 0.3 is 0 Å². The van der Waals surface area contributed by atoms with E-state index in [1.807, 2.05) is 18.2 Å². The van der Waals surface area contributed by atoms with Gasteiger partial charge in [0.25, 0.3) is 0 Å². The molecule has 2 aromatic heterocycles. The number of aromatic nitrogens is 2. The molecule has 0 aliphatic heterocycles. The lowest BCUT2D eigenvalue weighted by molar-refractivity contribution is 1.14. The first-order chi connectivity index (χ1) is 10.2. The van der Waals surface area contributed by atoms with Crippen LogP contribution in [0.1, 0.15) is 12.5 Å². The highest BCUT2D eigenvalue weighted by Gasteiger charge is 2.07. The third-order valence-electron chi connectivity index (χ3n) is 3.26. The number of rotatable bonds is 3. The van der Waals surface area contributed by atoms with Crippen LogP contribution in [0.2, 0.25) is 0 Å². The predicted octanol–water partition coefficient (Wildman–Crippen LogP) is 5.46. The van der Waals surface area contributed by atoms with Crippen LogP contribution in [0.15, 0.2) is 51.7 Å². The number of hydrogen-bond donors (Lipinski definition) is 1. The molecule has 21 heavy (non-hydrogen) atoms. The van der Waals surface area contributed by atoms with Gasteiger partial charge in [-0.15, -0.1) is 0 Å². The quantitative estimate of drug-likeness (QED) is 0.627. The molecule has 1 aromatic carbocycles. The first-order valence-corrected chi connectivity index (χ1v) is 8.21. The molecule has 0 saturated heterocycles. The molecule has 3 aromatic rings. The van der Waals surface area contributed by atoms with E-state index in [-0.39, 0.29) is 0 Å². The molecule has 1 N–H and O–H groups in total. The topological polar surface area (TPSA) is 37.8 Å². The molecule has 0 aliphatic carbocycles. The second-order valence-electron chi connectivity index (χ2n) is 4.66. The fourth-order valence-electron chi connectivity index (χ4n) is 2.23. The van der Waals surface area contributed by atoms with Gasteiger partial charge in [0, 0.05) is 27.0 Å². The molecule has 0 fully saturated rings. The summed E-state index contributed by atoms with van der Waals surface area (Å²) >= 11 is 6.94. The highest BCUT2D eigenvalue weighted by atomic mass is 79.9. The Labute approximate surface area is 140 Å². The third-order valence-corrected chi connectivity index (χ3v) is 4.19. The summed E-state index contributed by atoms with van der Waals surface area (Å²) in [5.74, 6) is 0. The van der Waals surface area contributed by atoms with Gasteiger partial charge in [0.05, 0.1) is 11.2 Å². The van der Waals surface area contributed by atoms with Crippen molar-refractivity contribution in [3.05, 3.63) is 57.2 Å². The fourth-order valence-corrected chi connectivity index (χ4v) is 2.96. The van der Waals surface area contributed by atoms with E-state index in [9.17, 15) is 0 Å². The van der Waals surface area contributed by atoms with Gasteiger partial charge in [-0.1, -0.05) is 22.9 Å². The summed E-state index contributed by atoms with van der Waals surface area (Å²) in [6, 6.07) is 10.2. The highest BCUT2D eigenvalue weighted by Crippen LogP contribution is 2.28. The van der Waals surface area contributed by atoms with Crippen molar-refractivity contribution in [2.45, 2.75) is 13.3 Å². The first-order valence-electron chi connectivity index (χ1n) is 6.63. The number of nitrogens with zero attached hydrogens (tertiary/aromatic N) is 2. The highest BCUT2D eigenvalue weighted by molar-refractivity contribution is 9.10. The summed E-state index contributed by atoms with van der Waals surface area (Å²) in [7, 11) is 0. The lowest BCUT2D eigenvalue weighted by Gasteiger charge is -2.13. The van der Waals surface area contributed by atoms with E-state index in [0.29, 0.717) is 0 Å². The van der Waals surface area contributed by atoms with Crippen molar-refractivity contribution in [1.29, 1.82) is 0 Å². The largest absolute Gasteiger partial charge is 0.353 e. The zero-order valence-electron chi connectivity index (χ0n) is 11.4. The summed E-state index contributed by atoms with van der Waals surface area (Å²) in [6.45, 7) is 2.15. The minimum Gasteiger partial charge on any atom is -0.353 e. The summed E-state index contributed by atoms with van der Waals surface area (Å²) < 4.78 is 2.02. The van der Waals surface area contributed by atoms with Crippen LogP contribution in [0.5, 0.6) is 0 Å². The van der Waals surface area contributed by atoms with E-state index in [4.69, 9.17) is 0 Å². The van der Waals surface area contributed by atoms with Gasteiger partial charge in [-0.25, -0.2) is 0 Å². The van der Waals surface area contributed by atoms with E-state index in [0.717, 1.165) is 37.8 Å². The van der Waals surface area contributed by atoms with Crippen molar-refractivity contribution in [2.24, 2.45) is 0 Å². The molecule has 0 atom stereocenters. The summed E-state index contributed by atoms with van der Waals surface area (Å²) in [6.07, 6.45) is 4.55. The van der Waals surface area contributed by atoms with Gasteiger partial charge in [-0.3, -0.25) is 9.97 Å². The Morgan fingerprint density at radius 2 is 1.86 bits per heavy atom. The number of pyridine rings is 2. The second-order valence-corrected chi connectivity index (χ2v) is 6.49. The van der Waals surface area contributed by atoms with Crippen LogP contribution in [0.25, 0.3) is 11.0 Å². The number of hydrogen-bond acceptors (Lipinski definition) is 3. The molecule has 0 unspecified atom stereocenters. The van der Waals surface area contributed by atoms with Gasteiger partial charge in [-0.2, -0.15) is 0 Å². The maximum Gasteiger partial charge on any atom is 0.112 e. The maximum absolute atomic E-state index is 4.47. The number of halogens is 2. The number of fused-ring (bicyclic) bond motifs is 1. The van der Waals surface area contributed by atoms with E-state index >= 15 is 0 Å². The smallest absolute Gasteiger partial charge is 0.112 e. The molecular formula is C16H13Br2N3. The summed E-state index contributed by atoms with van der Waals surface area (Å²) in [5.41, 5.74) is 5.05. The minimum atomic E-state index is 0.865. The molecule has 2 heterocycles. The Morgan fingerprint density at radius 1 is 1.00 bits per heavy atom. The molecule has 0 aliphatic rings. The minimum absolute atomic E-state index is 0.865. The summed E-state index contributed by atoms with van der Waals surface area (Å²) in [5, 5.41) is 3.47. The lowest BCUT2D eigenvalue weighted by Crippen LogP contribution is -1.97.